The minimum atomic E-state index is -0.440. The van der Waals surface area contributed by atoms with Gasteiger partial charge in [0.1, 0.15) is 11.5 Å². The first-order valence-corrected chi connectivity index (χ1v) is 8.74. The molecule has 1 aromatic carbocycles. The second kappa shape index (κ2) is 8.42. The number of nitrogens with one attached hydrogen (secondary N) is 2. The Morgan fingerprint density at radius 3 is 2.54 bits per heavy atom. The van der Waals surface area contributed by atoms with E-state index in [9.17, 15) is 9.59 Å². The maximum atomic E-state index is 12.3. The highest BCUT2D eigenvalue weighted by Gasteiger charge is 2.18. The van der Waals surface area contributed by atoms with Crippen molar-refractivity contribution in [2.45, 2.75) is 38.1 Å². The summed E-state index contributed by atoms with van der Waals surface area (Å²) in [5, 5.41) is 6.04. The van der Waals surface area contributed by atoms with E-state index in [0.29, 0.717) is 17.1 Å². The van der Waals surface area contributed by atoms with Crippen molar-refractivity contribution in [3.8, 4) is 0 Å². The topological polar surface area (TPSA) is 93.2 Å². The monoisotopic (exact) mass is 354 g/mol. The van der Waals surface area contributed by atoms with E-state index >= 15 is 0 Å². The van der Waals surface area contributed by atoms with E-state index in [0.717, 1.165) is 25.7 Å². The van der Waals surface area contributed by atoms with Gasteiger partial charge in [-0.05, 0) is 25.0 Å². The number of hydrogen-bond donors (Lipinski definition) is 2. The standard InChI is InChI=1S/C19H22N4O3/c1-26-19(25)14-9-5-6-10-15(14)23-17-12-20-16(11-21-17)18(24)22-13-7-3-2-4-8-13/h5-6,9-13H,2-4,7-8H2,1H3,(H,21,23)(H,22,24). The number of carbonyl (C=O) groups is 2. The van der Waals surface area contributed by atoms with Crippen molar-refractivity contribution in [1.29, 1.82) is 0 Å². The fourth-order valence-corrected chi connectivity index (χ4v) is 3.03. The van der Waals surface area contributed by atoms with Gasteiger partial charge < -0.3 is 15.4 Å². The van der Waals surface area contributed by atoms with Gasteiger partial charge in [0, 0.05) is 6.04 Å². The summed E-state index contributed by atoms with van der Waals surface area (Å²) < 4.78 is 4.77. The number of hydrogen-bond acceptors (Lipinski definition) is 6. The van der Waals surface area contributed by atoms with E-state index in [1.54, 1.807) is 24.3 Å². The first-order chi connectivity index (χ1) is 12.7. The maximum absolute atomic E-state index is 12.3. The van der Waals surface area contributed by atoms with Gasteiger partial charge in [0.05, 0.1) is 30.8 Å². The molecule has 26 heavy (non-hydrogen) atoms. The Balaban J connectivity index is 1.66. The lowest BCUT2D eigenvalue weighted by Crippen LogP contribution is -2.36. The highest BCUT2D eigenvalue weighted by atomic mass is 16.5. The summed E-state index contributed by atoms with van der Waals surface area (Å²) in [5.41, 5.74) is 1.24. The molecule has 0 spiro atoms. The fourth-order valence-electron chi connectivity index (χ4n) is 3.03. The van der Waals surface area contributed by atoms with Gasteiger partial charge in [-0.25, -0.2) is 14.8 Å². The van der Waals surface area contributed by atoms with E-state index in [1.807, 2.05) is 0 Å². The van der Waals surface area contributed by atoms with Crippen LogP contribution in [0.15, 0.2) is 36.7 Å². The molecular formula is C19H22N4O3. The SMILES string of the molecule is COC(=O)c1ccccc1Nc1cnc(C(=O)NC2CCCCC2)cn1. The molecule has 1 aromatic heterocycles. The van der Waals surface area contributed by atoms with Crippen molar-refractivity contribution in [2.24, 2.45) is 0 Å². The second-order valence-electron chi connectivity index (χ2n) is 6.26. The number of esters is 1. The van der Waals surface area contributed by atoms with Crippen molar-refractivity contribution >= 4 is 23.4 Å². The molecule has 7 nitrogen and oxygen atoms in total. The molecule has 7 heteroatoms. The van der Waals surface area contributed by atoms with Crippen molar-refractivity contribution < 1.29 is 14.3 Å². The quantitative estimate of drug-likeness (QED) is 0.802. The van der Waals surface area contributed by atoms with E-state index in [1.165, 1.54) is 25.9 Å². The molecule has 1 aliphatic carbocycles. The van der Waals surface area contributed by atoms with E-state index in [-0.39, 0.29) is 17.6 Å². The first kappa shape index (κ1) is 17.8. The van der Waals surface area contributed by atoms with Crippen LogP contribution in [0.3, 0.4) is 0 Å². The van der Waals surface area contributed by atoms with Crippen LogP contribution in [0, 0.1) is 0 Å². The lowest BCUT2D eigenvalue weighted by molar-refractivity contribution is 0.0601. The van der Waals surface area contributed by atoms with E-state index in [4.69, 9.17) is 4.74 Å². The normalized spacial score (nSPS) is 14.5. The molecule has 1 aliphatic rings. The number of aromatic nitrogens is 2. The van der Waals surface area contributed by atoms with Crippen molar-refractivity contribution in [2.75, 3.05) is 12.4 Å². The molecule has 0 unspecified atom stereocenters. The Morgan fingerprint density at radius 2 is 1.85 bits per heavy atom. The molecule has 0 aliphatic heterocycles. The zero-order chi connectivity index (χ0) is 18.4. The number of benzene rings is 1. The molecule has 136 valence electrons. The first-order valence-electron chi connectivity index (χ1n) is 8.74. The fraction of sp³-hybridized carbons (Fsp3) is 0.368. The highest BCUT2D eigenvalue weighted by Crippen LogP contribution is 2.20. The third kappa shape index (κ3) is 4.36. The number of nitrogens with zero attached hydrogens (tertiary/aromatic N) is 2. The molecule has 2 aromatic rings. The number of para-hydroxylation sites is 1. The van der Waals surface area contributed by atoms with Crippen molar-refractivity contribution in [1.82, 2.24) is 15.3 Å². The van der Waals surface area contributed by atoms with Gasteiger partial charge in [-0.2, -0.15) is 0 Å². The molecule has 1 fully saturated rings. The van der Waals surface area contributed by atoms with Crippen molar-refractivity contribution in [3.63, 3.8) is 0 Å². The lowest BCUT2D eigenvalue weighted by atomic mass is 9.95. The molecule has 0 saturated heterocycles. The van der Waals surface area contributed by atoms with Gasteiger partial charge >= 0.3 is 5.97 Å². The van der Waals surface area contributed by atoms with Crippen molar-refractivity contribution in [3.05, 3.63) is 47.9 Å². The van der Waals surface area contributed by atoms with Crippen LogP contribution in [0.5, 0.6) is 0 Å². The number of carbonyl (C=O) groups excluding carboxylic acids is 2. The van der Waals surface area contributed by atoms with Gasteiger partial charge in [0.2, 0.25) is 0 Å². The number of amides is 1. The third-order valence-corrected chi connectivity index (χ3v) is 4.42. The van der Waals surface area contributed by atoms with Gasteiger partial charge in [-0.1, -0.05) is 31.4 Å². The summed E-state index contributed by atoms with van der Waals surface area (Å²) in [6, 6.07) is 7.18. The third-order valence-electron chi connectivity index (χ3n) is 4.42. The van der Waals surface area contributed by atoms with Gasteiger partial charge in [-0.15, -0.1) is 0 Å². The Bertz CT molecular complexity index is 771. The summed E-state index contributed by atoms with van der Waals surface area (Å²) in [5.74, 6) is -0.203. The van der Waals surface area contributed by atoms with Crippen LogP contribution < -0.4 is 10.6 Å². The minimum absolute atomic E-state index is 0.203. The minimum Gasteiger partial charge on any atom is -0.465 e. The van der Waals surface area contributed by atoms with E-state index < -0.39 is 5.97 Å². The van der Waals surface area contributed by atoms with Crippen LogP contribution in [0.4, 0.5) is 11.5 Å². The number of anilines is 2. The molecule has 1 saturated carbocycles. The summed E-state index contributed by atoms with van der Waals surface area (Å²) in [7, 11) is 1.33. The highest BCUT2D eigenvalue weighted by molar-refractivity contribution is 5.96. The number of ether oxygens (including phenoxy) is 1. The predicted molar refractivity (Wildman–Crippen MR) is 97.4 cm³/mol. The molecule has 0 radical (unpaired) electrons. The molecule has 0 atom stereocenters. The predicted octanol–water partition coefficient (Wildman–Crippen LogP) is 3.07. The zero-order valence-corrected chi connectivity index (χ0v) is 14.7. The lowest BCUT2D eigenvalue weighted by Gasteiger charge is -2.22. The molecule has 2 N–H and O–H groups in total. The summed E-state index contributed by atoms with van der Waals surface area (Å²) in [6.45, 7) is 0. The number of rotatable bonds is 5. The Hall–Kier alpha value is -2.96. The molecule has 1 amide bonds. The smallest absolute Gasteiger partial charge is 0.339 e. The summed E-state index contributed by atoms with van der Waals surface area (Å²) in [4.78, 5) is 32.5. The van der Waals surface area contributed by atoms with Crippen LogP contribution in [0.2, 0.25) is 0 Å². The van der Waals surface area contributed by atoms with E-state index in [2.05, 4.69) is 20.6 Å². The second-order valence-corrected chi connectivity index (χ2v) is 6.26. The molecule has 0 bridgehead atoms. The Labute approximate surface area is 152 Å². The molecule has 1 heterocycles. The summed E-state index contributed by atoms with van der Waals surface area (Å²) >= 11 is 0. The number of methoxy groups -OCH3 is 1. The van der Waals surface area contributed by atoms with Crippen LogP contribution >= 0.6 is 0 Å². The van der Waals surface area contributed by atoms with Crippen LogP contribution in [-0.4, -0.2) is 35.0 Å². The average molecular weight is 354 g/mol. The van der Waals surface area contributed by atoms with Gasteiger partial charge in [0.25, 0.3) is 5.91 Å². The summed E-state index contributed by atoms with van der Waals surface area (Å²) in [6.07, 6.45) is 8.48. The van der Waals surface area contributed by atoms with Crippen LogP contribution in [0.1, 0.15) is 53.0 Å². The van der Waals surface area contributed by atoms with Crippen LogP contribution in [0.25, 0.3) is 0 Å². The largest absolute Gasteiger partial charge is 0.465 e. The van der Waals surface area contributed by atoms with Gasteiger partial charge in [0.15, 0.2) is 0 Å². The Kier molecular flexibility index (Phi) is 5.78. The molecule has 3 rings (SSSR count). The average Bonchev–Trinajstić information content (AvgIpc) is 2.69. The zero-order valence-electron chi connectivity index (χ0n) is 14.7. The van der Waals surface area contributed by atoms with Gasteiger partial charge in [-0.3, -0.25) is 4.79 Å². The Morgan fingerprint density at radius 1 is 1.08 bits per heavy atom. The van der Waals surface area contributed by atoms with Crippen LogP contribution in [-0.2, 0) is 4.74 Å². The molecular weight excluding hydrogens is 332 g/mol. The maximum Gasteiger partial charge on any atom is 0.339 e.